The summed E-state index contributed by atoms with van der Waals surface area (Å²) in [5, 5.41) is 3.27. The molecule has 5 heteroatoms. The Bertz CT molecular complexity index is 1200. The number of benzene rings is 1. The zero-order chi connectivity index (χ0) is 19.4. The first kappa shape index (κ1) is 17.2. The minimum absolute atomic E-state index is 0.140. The zero-order valence-electron chi connectivity index (χ0n) is 16.1. The normalized spacial score (nSPS) is 21.4. The van der Waals surface area contributed by atoms with Crippen LogP contribution in [-0.4, -0.2) is 22.6 Å². The largest absolute Gasteiger partial charge is 0.460 e. The van der Waals surface area contributed by atoms with Crippen LogP contribution in [-0.2, 0) is 13.1 Å². The quantitative estimate of drug-likeness (QED) is 0.487. The Hall–Kier alpha value is -2.63. The number of para-hydroxylation sites is 1. The highest BCUT2D eigenvalue weighted by Crippen LogP contribution is 2.41. The van der Waals surface area contributed by atoms with Crippen molar-refractivity contribution < 1.29 is 4.42 Å². The molecule has 0 spiro atoms. The third-order valence-electron chi connectivity index (χ3n) is 6.31. The summed E-state index contributed by atoms with van der Waals surface area (Å²) in [5.41, 5.74) is 3.55. The topological polar surface area (TPSA) is 38.4 Å². The van der Waals surface area contributed by atoms with E-state index in [4.69, 9.17) is 4.42 Å². The van der Waals surface area contributed by atoms with Crippen molar-refractivity contribution in [1.82, 2.24) is 9.47 Å². The van der Waals surface area contributed by atoms with Crippen molar-refractivity contribution in [3.05, 3.63) is 81.8 Å². The number of furan rings is 1. The van der Waals surface area contributed by atoms with Crippen molar-refractivity contribution in [2.45, 2.75) is 25.4 Å². The smallest absolute Gasteiger partial charge is 0.250 e. The molecule has 2 aliphatic rings. The molecule has 5 heterocycles. The maximum atomic E-state index is 12.6. The van der Waals surface area contributed by atoms with E-state index in [9.17, 15) is 4.79 Å². The van der Waals surface area contributed by atoms with Crippen molar-refractivity contribution >= 4 is 22.3 Å². The molecule has 146 valence electrons. The number of hydrogen-bond acceptors (Lipinski definition) is 4. The van der Waals surface area contributed by atoms with Gasteiger partial charge in [0.1, 0.15) is 11.3 Å². The Morgan fingerprint density at radius 2 is 1.97 bits per heavy atom. The number of aromatic nitrogens is 1. The van der Waals surface area contributed by atoms with E-state index in [1.165, 1.54) is 22.6 Å². The van der Waals surface area contributed by atoms with E-state index in [1.54, 1.807) is 17.4 Å². The number of pyridine rings is 1. The minimum Gasteiger partial charge on any atom is -0.460 e. The monoisotopic (exact) mass is 402 g/mol. The van der Waals surface area contributed by atoms with Crippen LogP contribution >= 0.6 is 11.3 Å². The van der Waals surface area contributed by atoms with Gasteiger partial charge in [-0.05, 0) is 42.0 Å². The van der Waals surface area contributed by atoms with Gasteiger partial charge in [0, 0.05) is 53.1 Å². The van der Waals surface area contributed by atoms with Gasteiger partial charge in [-0.2, -0.15) is 0 Å². The van der Waals surface area contributed by atoms with Crippen molar-refractivity contribution in [3.63, 3.8) is 0 Å². The number of likely N-dealkylation sites (tertiary alicyclic amines) is 1. The highest BCUT2D eigenvalue weighted by molar-refractivity contribution is 7.13. The van der Waals surface area contributed by atoms with E-state index in [-0.39, 0.29) is 5.56 Å². The Kier molecular flexibility index (Phi) is 3.99. The van der Waals surface area contributed by atoms with Gasteiger partial charge in [-0.3, -0.25) is 9.69 Å². The molecular weight excluding hydrogens is 380 g/mol. The van der Waals surface area contributed by atoms with E-state index < -0.39 is 0 Å². The second kappa shape index (κ2) is 6.71. The summed E-state index contributed by atoms with van der Waals surface area (Å²) < 4.78 is 8.12. The summed E-state index contributed by atoms with van der Waals surface area (Å²) in [4.78, 5) is 16.4. The number of thiophene rings is 1. The van der Waals surface area contributed by atoms with Crippen LogP contribution in [0.3, 0.4) is 0 Å². The van der Waals surface area contributed by atoms with Crippen molar-refractivity contribution in [2.24, 2.45) is 5.92 Å². The molecule has 3 aromatic heterocycles. The van der Waals surface area contributed by atoms with E-state index in [0.717, 1.165) is 42.9 Å². The van der Waals surface area contributed by atoms with Crippen LogP contribution in [0.5, 0.6) is 0 Å². The molecule has 4 nitrogen and oxygen atoms in total. The number of hydrogen-bond donors (Lipinski definition) is 0. The number of nitrogens with zero attached hydrogens (tertiary/aromatic N) is 2. The first-order chi connectivity index (χ1) is 14.2. The second-order valence-electron chi connectivity index (χ2n) is 8.30. The summed E-state index contributed by atoms with van der Waals surface area (Å²) in [7, 11) is 0. The Balaban J connectivity index is 1.34. The van der Waals surface area contributed by atoms with Crippen LogP contribution in [0.15, 0.2) is 69.2 Å². The average molecular weight is 403 g/mol. The standard InChI is InChI=1S/C24H22N2O2S/c27-23-8-7-20(22-6-3-9-29-22)24-18-10-16(13-26(23)24)12-25(14-18)15-19-11-17-4-1-2-5-21(17)28-19/h1-9,11,16,18H,10,12-15H2. The summed E-state index contributed by atoms with van der Waals surface area (Å²) in [6.45, 7) is 3.63. The lowest BCUT2D eigenvalue weighted by molar-refractivity contribution is 0.109. The Labute approximate surface area is 173 Å². The maximum absolute atomic E-state index is 12.6. The third-order valence-corrected chi connectivity index (χ3v) is 7.21. The van der Waals surface area contributed by atoms with Crippen molar-refractivity contribution in [2.75, 3.05) is 13.1 Å². The lowest BCUT2D eigenvalue weighted by Gasteiger charge is -2.43. The SMILES string of the molecule is O=c1ccc(-c2cccs2)c2n1CC1CC2CN(Cc2cc3ccccc3o2)C1. The van der Waals surface area contributed by atoms with Gasteiger partial charge >= 0.3 is 0 Å². The molecule has 6 rings (SSSR count). The molecule has 0 aliphatic carbocycles. The van der Waals surface area contributed by atoms with Gasteiger partial charge in [-0.15, -0.1) is 11.3 Å². The number of fused-ring (bicyclic) bond motifs is 5. The van der Waals surface area contributed by atoms with Gasteiger partial charge in [0.25, 0.3) is 5.56 Å². The van der Waals surface area contributed by atoms with Gasteiger partial charge in [-0.25, -0.2) is 0 Å². The van der Waals surface area contributed by atoms with Crippen LogP contribution in [0.1, 0.15) is 23.8 Å². The molecule has 29 heavy (non-hydrogen) atoms. The molecule has 1 saturated heterocycles. The highest BCUT2D eigenvalue weighted by Gasteiger charge is 2.36. The molecule has 1 fully saturated rings. The molecule has 1 aromatic carbocycles. The maximum Gasteiger partial charge on any atom is 0.250 e. The fraction of sp³-hybridized carbons (Fsp3) is 0.292. The molecule has 2 atom stereocenters. The molecular formula is C24H22N2O2S. The van der Waals surface area contributed by atoms with Crippen molar-refractivity contribution in [1.29, 1.82) is 0 Å². The van der Waals surface area contributed by atoms with E-state index in [1.807, 2.05) is 28.8 Å². The fourth-order valence-corrected chi connectivity index (χ4v) is 5.98. The van der Waals surface area contributed by atoms with Gasteiger partial charge in [-0.1, -0.05) is 24.3 Å². The van der Waals surface area contributed by atoms with Crippen LogP contribution in [0, 0.1) is 5.92 Å². The van der Waals surface area contributed by atoms with Crippen LogP contribution < -0.4 is 5.56 Å². The van der Waals surface area contributed by atoms with E-state index in [0.29, 0.717) is 11.8 Å². The zero-order valence-corrected chi connectivity index (χ0v) is 16.9. The molecule has 4 aromatic rings. The predicted octanol–water partition coefficient (Wildman–Crippen LogP) is 4.94. The minimum atomic E-state index is 0.140. The van der Waals surface area contributed by atoms with Crippen molar-refractivity contribution in [3.8, 4) is 10.4 Å². The molecule has 0 saturated carbocycles. The predicted molar refractivity (Wildman–Crippen MR) is 116 cm³/mol. The van der Waals surface area contributed by atoms with Crippen LogP contribution in [0.25, 0.3) is 21.4 Å². The lowest BCUT2D eigenvalue weighted by atomic mass is 9.81. The first-order valence-electron chi connectivity index (χ1n) is 10.2. The third kappa shape index (κ3) is 2.96. The Morgan fingerprint density at radius 1 is 1.03 bits per heavy atom. The molecule has 0 amide bonds. The van der Waals surface area contributed by atoms with Gasteiger partial charge in [0.05, 0.1) is 6.54 Å². The summed E-state index contributed by atoms with van der Waals surface area (Å²) in [6, 6.07) is 18.4. The Morgan fingerprint density at radius 3 is 2.83 bits per heavy atom. The molecule has 2 bridgehead atoms. The summed E-state index contributed by atoms with van der Waals surface area (Å²) in [5.74, 6) is 1.93. The van der Waals surface area contributed by atoms with E-state index >= 15 is 0 Å². The molecule has 2 unspecified atom stereocenters. The highest BCUT2D eigenvalue weighted by atomic mass is 32.1. The van der Waals surface area contributed by atoms with Gasteiger partial charge in [0.15, 0.2) is 0 Å². The molecule has 0 N–H and O–H groups in total. The summed E-state index contributed by atoms with van der Waals surface area (Å²) >= 11 is 1.75. The number of piperidine rings is 1. The average Bonchev–Trinajstić information content (AvgIpc) is 3.38. The number of rotatable bonds is 3. The van der Waals surface area contributed by atoms with Crippen LogP contribution in [0.4, 0.5) is 0 Å². The molecule has 2 aliphatic heterocycles. The van der Waals surface area contributed by atoms with Gasteiger partial charge in [0.2, 0.25) is 0 Å². The lowest BCUT2D eigenvalue weighted by Crippen LogP contribution is -2.46. The fourth-order valence-electron chi connectivity index (χ4n) is 5.22. The van der Waals surface area contributed by atoms with Crippen LogP contribution in [0.2, 0.25) is 0 Å². The van der Waals surface area contributed by atoms with Gasteiger partial charge < -0.3 is 8.98 Å². The molecule has 0 radical (unpaired) electrons. The first-order valence-corrected chi connectivity index (χ1v) is 11.1. The second-order valence-corrected chi connectivity index (χ2v) is 9.25. The summed E-state index contributed by atoms with van der Waals surface area (Å²) in [6.07, 6.45) is 1.17. The van der Waals surface area contributed by atoms with E-state index in [2.05, 4.69) is 34.5 Å².